The van der Waals surface area contributed by atoms with Crippen LogP contribution >= 0.6 is 0 Å². The first kappa shape index (κ1) is 17.0. The Morgan fingerprint density at radius 1 is 1.11 bits per heavy atom. The van der Waals surface area contributed by atoms with Crippen LogP contribution in [0.2, 0.25) is 0 Å². The van der Waals surface area contributed by atoms with Crippen LogP contribution in [0, 0.1) is 5.41 Å². The number of aryl methyl sites for hydroxylation is 1. The molecule has 3 aromatic rings. The van der Waals surface area contributed by atoms with Gasteiger partial charge in [0.25, 0.3) is 0 Å². The van der Waals surface area contributed by atoms with E-state index in [1.54, 1.807) is 31.3 Å². The van der Waals surface area contributed by atoms with Gasteiger partial charge in [0.05, 0.1) is 43.1 Å². The van der Waals surface area contributed by atoms with Gasteiger partial charge >= 0.3 is 0 Å². The van der Waals surface area contributed by atoms with E-state index in [1.807, 2.05) is 41.9 Å². The standard InChI is InChI=1S/C20H20N4O3/c1-23-14-7-5-4-6-13(14)22-20(23)18-16(25)11-24(19(18)21)15-9-8-12(26-2)10-17(15)27-3/h4-10,21,25H,11H2,1-3H3. The van der Waals surface area contributed by atoms with Gasteiger partial charge in [0.15, 0.2) is 0 Å². The quantitative estimate of drug-likeness (QED) is 0.742. The molecule has 0 atom stereocenters. The first-order valence-electron chi connectivity index (χ1n) is 8.47. The number of aliphatic hydroxyl groups excluding tert-OH is 1. The van der Waals surface area contributed by atoms with Crippen molar-refractivity contribution in [3.05, 3.63) is 54.0 Å². The molecule has 7 nitrogen and oxygen atoms in total. The van der Waals surface area contributed by atoms with Gasteiger partial charge in [-0.15, -0.1) is 0 Å². The fraction of sp³-hybridized carbons (Fsp3) is 0.200. The molecule has 2 aromatic carbocycles. The highest BCUT2D eigenvalue weighted by atomic mass is 16.5. The maximum Gasteiger partial charge on any atom is 0.148 e. The molecule has 1 aliphatic heterocycles. The van der Waals surface area contributed by atoms with E-state index in [1.165, 1.54) is 0 Å². The summed E-state index contributed by atoms with van der Waals surface area (Å²) < 4.78 is 12.6. The summed E-state index contributed by atoms with van der Waals surface area (Å²) in [5.41, 5.74) is 2.87. The molecule has 0 saturated carbocycles. The summed E-state index contributed by atoms with van der Waals surface area (Å²) in [7, 11) is 5.04. The molecule has 0 aliphatic carbocycles. The van der Waals surface area contributed by atoms with Crippen LogP contribution in [-0.2, 0) is 7.05 Å². The molecular formula is C20H20N4O3. The lowest BCUT2D eigenvalue weighted by atomic mass is 10.2. The SMILES string of the molecule is COc1ccc(N2CC(O)=C(c3nc4ccccc4n3C)C2=N)c(OC)c1. The minimum atomic E-state index is 0.108. The van der Waals surface area contributed by atoms with Gasteiger partial charge in [-0.25, -0.2) is 4.98 Å². The maximum atomic E-state index is 10.6. The third kappa shape index (κ3) is 2.59. The number of nitrogens with one attached hydrogen (secondary N) is 1. The van der Waals surface area contributed by atoms with E-state index in [0.29, 0.717) is 28.6 Å². The lowest BCUT2D eigenvalue weighted by Gasteiger charge is -2.21. The fourth-order valence-electron chi connectivity index (χ4n) is 3.40. The second kappa shape index (κ2) is 6.35. The number of amidine groups is 1. The maximum absolute atomic E-state index is 10.6. The van der Waals surface area contributed by atoms with Crippen LogP contribution in [0.3, 0.4) is 0 Å². The third-order valence-corrected chi connectivity index (χ3v) is 4.79. The van der Waals surface area contributed by atoms with Crippen molar-refractivity contribution in [2.45, 2.75) is 0 Å². The van der Waals surface area contributed by atoms with E-state index in [0.717, 1.165) is 11.0 Å². The number of ether oxygens (including phenoxy) is 2. The fourth-order valence-corrected chi connectivity index (χ4v) is 3.40. The van der Waals surface area contributed by atoms with Crippen LogP contribution in [0.4, 0.5) is 5.69 Å². The molecule has 0 amide bonds. The van der Waals surface area contributed by atoms with Crippen LogP contribution in [0.5, 0.6) is 11.5 Å². The Balaban J connectivity index is 1.77. The lowest BCUT2D eigenvalue weighted by molar-refractivity contribution is 0.393. The molecule has 138 valence electrons. The van der Waals surface area contributed by atoms with E-state index in [4.69, 9.17) is 14.9 Å². The molecule has 0 radical (unpaired) electrons. The van der Waals surface area contributed by atoms with E-state index in [-0.39, 0.29) is 18.1 Å². The number of nitrogens with zero attached hydrogens (tertiary/aromatic N) is 3. The zero-order valence-electron chi connectivity index (χ0n) is 15.4. The van der Waals surface area contributed by atoms with Crippen molar-refractivity contribution in [2.24, 2.45) is 7.05 Å². The minimum Gasteiger partial charge on any atom is -0.509 e. The number of benzene rings is 2. The van der Waals surface area contributed by atoms with E-state index in [2.05, 4.69) is 4.98 Å². The summed E-state index contributed by atoms with van der Waals surface area (Å²) in [5, 5.41) is 19.3. The Kier molecular flexibility index (Phi) is 3.99. The predicted molar refractivity (Wildman–Crippen MR) is 105 cm³/mol. The van der Waals surface area contributed by atoms with Crippen LogP contribution in [0.25, 0.3) is 16.6 Å². The summed E-state index contributed by atoms with van der Waals surface area (Å²) in [6.07, 6.45) is 0. The van der Waals surface area contributed by atoms with Crippen molar-refractivity contribution in [1.82, 2.24) is 9.55 Å². The first-order chi connectivity index (χ1) is 13.0. The predicted octanol–water partition coefficient (Wildman–Crippen LogP) is 3.36. The zero-order valence-corrected chi connectivity index (χ0v) is 15.4. The van der Waals surface area contributed by atoms with Crippen LogP contribution in [0.15, 0.2) is 48.2 Å². The number of rotatable bonds is 4. The average molecular weight is 364 g/mol. The van der Waals surface area contributed by atoms with E-state index in [9.17, 15) is 5.11 Å². The summed E-state index contributed by atoms with van der Waals surface area (Å²) in [4.78, 5) is 6.32. The van der Waals surface area contributed by atoms with Crippen molar-refractivity contribution in [3.63, 3.8) is 0 Å². The highest BCUT2D eigenvalue weighted by Gasteiger charge is 2.33. The number of aromatic nitrogens is 2. The number of hydrogen-bond acceptors (Lipinski definition) is 5. The van der Waals surface area contributed by atoms with Gasteiger partial charge < -0.3 is 24.0 Å². The van der Waals surface area contributed by atoms with Crippen molar-refractivity contribution in [2.75, 3.05) is 25.7 Å². The molecule has 2 N–H and O–H groups in total. The van der Waals surface area contributed by atoms with Crippen LogP contribution in [-0.4, -0.2) is 41.3 Å². The van der Waals surface area contributed by atoms with Gasteiger partial charge in [-0.2, -0.15) is 0 Å². The number of fused-ring (bicyclic) bond motifs is 1. The molecule has 7 heteroatoms. The summed E-state index contributed by atoms with van der Waals surface area (Å²) in [6, 6.07) is 13.1. The molecule has 27 heavy (non-hydrogen) atoms. The van der Waals surface area contributed by atoms with Gasteiger partial charge in [0.1, 0.15) is 28.9 Å². The largest absolute Gasteiger partial charge is 0.509 e. The Morgan fingerprint density at radius 2 is 1.89 bits per heavy atom. The summed E-state index contributed by atoms with van der Waals surface area (Å²) >= 11 is 0. The molecule has 0 unspecified atom stereocenters. The molecule has 2 heterocycles. The van der Waals surface area contributed by atoms with Gasteiger partial charge in [-0.1, -0.05) is 12.1 Å². The summed E-state index contributed by atoms with van der Waals surface area (Å²) in [6.45, 7) is 0.181. The molecular weight excluding hydrogens is 344 g/mol. The number of para-hydroxylation sites is 2. The number of methoxy groups -OCH3 is 2. The Hall–Kier alpha value is -3.48. The number of aliphatic hydroxyl groups is 1. The minimum absolute atomic E-state index is 0.108. The molecule has 0 spiro atoms. The molecule has 1 aromatic heterocycles. The Morgan fingerprint density at radius 3 is 2.59 bits per heavy atom. The second-order valence-corrected chi connectivity index (χ2v) is 6.28. The lowest BCUT2D eigenvalue weighted by Crippen LogP contribution is -2.27. The van der Waals surface area contributed by atoms with Gasteiger partial charge in [0, 0.05) is 13.1 Å². The van der Waals surface area contributed by atoms with E-state index >= 15 is 0 Å². The molecule has 1 aliphatic rings. The smallest absolute Gasteiger partial charge is 0.148 e. The third-order valence-electron chi connectivity index (χ3n) is 4.79. The highest BCUT2D eigenvalue weighted by molar-refractivity contribution is 6.30. The Bertz CT molecular complexity index is 1080. The second-order valence-electron chi connectivity index (χ2n) is 6.28. The van der Waals surface area contributed by atoms with Crippen molar-refractivity contribution in [1.29, 1.82) is 5.41 Å². The van der Waals surface area contributed by atoms with Crippen LogP contribution in [0.1, 0.15) is 5.82 Å². The normalized spacial score (nSPS) is 14.3. The number of imidazole rings is 1. The zero-order chi connectivity index (χ0) is 19.1. The molecule has 0 bridgehead atoms. The average Bonchev–Trinajstić information content (AvgIpc) is 3.17. The topological polar surface area (TPSA) is 83.6 Å². The monoisotopic (exact) mass is 364 g/mol. The van der Waals surface area contributed by atoms with Gasteiger partial charge in [-0.05, 0) is 24.3 Å². The van der Waals surface area contributed by atoms with Crippen LogP contribution < -0.4 is 14.4 Å². The Labute approximate surface area is 156 Å². The van der Waals surface area contributed by atoms with Crippen molar-refractivity contribution in [3.8, 4) is 11.5 Å². The number of hydrogen-bond donors (Lipinski definition) is 2. The summed E-state index contributed by atoms with van der Waals surface area (Å²) in [5.74, 6) is 2.08. The molecule has 4 rings (SSSR count). The van der Waals surface area contributed by atoms with Crippen molar-refractivity contribution >= 4 is 28.1 Å². The first-order valence-corrected chi connectivity index (χ1v) is 8.47. The molecule has 0 fully saturated rings. The highest BCUT2D eigenvalue weighted by Crippen LogP contribution is 2.38. The van der Waals surface area contributed by atoms with Gasteiger partial charge in [-0.3, -0.25) is 5.41 Å². The van der Waals surface area contributed by atoms with Crippen molar-refractivity contribution < 1.29 is 14.6 Å². The van der Waals surface area contributed by atoms with E-state index < -0.39 is 0 Å². The van der Waals surface area contributed by atoms with Gasteiger partial charge in [0.2, 0.25) is 0 Å². The molecule has 0 saturated heterocycles. The number of anilines is 1.